The molecule has 1 heterocycles. The first-order valence-electron chi connectivity index (χ1n) is 7.61. The van der Waals surface area contributed by atoms with E-state index in [2.05, 4.69) is 4.98 Å². The molecule has 134 valence electrons. The molecule has 4 nitrogen and oxygen atoms in total. The van der Waals surface area contributed by atoms with E-state index in [0.717, 1.165) is 6.07 Å². The monoisotopic (exact) mass is 353 g/mol. The summed E-state index contributed by atoms with van der Waals surface area (Å²) in [6, 6.07) is 1.72. The number of pyridine rings is 1. The number of alkyl halides is 3. The van der Waals surface area contributed by atoms with Crippen molar-refractivity contribution in [2.45, 2.75) is 40.8 Å². The molecule has 25 heavy (non-hydrogen) atoms. The zero-order valence-electron chi connectivity index (χ0n) is 14.5. The van der Waals surface area contributed by atoms with Gasteiger partial charge in [-0.05, 0) is 46.8 Å². The molecule has 1 aliphatic carbocycles. The van der Waals surface area contributed by atoms with Gasteiger partial charge in [0.25, 0.3) is 0 Å². The van der Waals surface area contributed by atoms with E-state index in [4.69, 9.17) is 0 Å². The lowest BCUT2D eigenvalue weighted by Gasteiger charge is -2.35. The van der Waals surface area contributed by atoms with Crippen LogP contribution in [0, 0.1) is 17.8 Å². The highest BCUT2D eigenvalue weighted by atomic mass is 19.4. The molecular weight excluding hydrogens is 335 g/mol. The van der Waals surface area contributed by atoms with Gasteiger partial charge in [-0.15, -0.1) is 0 Å². The van der Waals surface area contributed by atoms with Crippen LogP contribution >= 0.6 is 0 Å². The smallest absolute Gasteiger partial charge is 0.298 e. The molecule has 0 unspecified atom stereocenters. The third kappa shape index (κ3) is 3.15. The molecule has 2 rings (SSSR count). The number of hydrogen-bond acceptors (Lipinski definition) is 4. The van der Waals surface area contributed by atoms with Crippen LogP contribution < -0.4 is 0 Å². The van der Waals surface area contributed by atoms with E-state index >= 15 is 0 Å². The number of aromatic nitrogens is 1. The molecule has 0 atom stereocenters. The van der Waals surface area contributed by atoms with E-state index in [0.29, 0.717) is 6.07 Å². The Morgan fingerprint density at radius 2 is 1.64 bits per heavy atom. The Labute approximate surface area is 143 Å². The van der Waals surface area contributed by atoms with E-state index in [1.165, 1.54) is 26.8 Å². The summed E-state index contributed by atoms with van der Waals surface area (Å²) in [5.41, 5.74) is -3.93. The van der Waals surface area contributed by atoms with Crippen LogP contribution in [0.3, 0.4) is 0 Å². The van der Waals surface area contributed by atoms with E-state index < -0.39 is 34.3 Å². The topological polar surface area (TPSA) is 64.1 Å². The van der Waals surface area contributed by atoms with Gasteiger partial charge in [-0.3, -0.25) is 14.4 Å². The van der Waals surface area contributed by atoms with E-state index in [-0.39, 0.29) is 22.6 Å². The van der Waals surface area contributed by atoms with Crippen LogP contribution in [0.4, 0.5) is 13.2 Å². The first-order valence-corrected chi connectivity index (χ1v) is 7.61. The van der Waals surface area contributed by atoms with Crippen molar-refractivity contribution in [1.29, 1.82) is 0 Å². The normalized spacial score (nSPS) is 19.6. The maximum absolute atomic E-state index is 12.8. The molecule has 0 fully saturated rings. The van der Waals surface area contributed by atoms with Gasteiger partial charge >= 0.3 is 6.18 Å². The second-order valence-electron chi connectivity index (χ2n) is 7.22. The summed E-state index contributed by atoms with van der Waals surface area (Å²) in [5, 5.41) is 0. The van der Waals surface area contributed by atoms with Crippen molar-refractivity contribution in [3.8, 4) is 0 Å². The first-order chi connectivity index (χ1) is 11.2. The van der Waals surface area contributed by atoms with Crippen LogP contribution in [0.15, 0.2) is 23.8 Å². The van der Waals surface area contributed by atoms with Crippen LogP contribution in [0.5, 0.6) is 0 Å². The van der Waals surface area contributed by atoms with E-state index in [1.54, 1.807) is 13.8 Å². The Hall–Kier alpha value is -2.31. The zero-order chi connectivity index (χ0) is 19.4. The molecule has 0 N–H and O–H groups in total. The third-order valence-corrected chi connectivity index (χ3v) is 4.34. The van der Waals surface area contributed by atoms with E-state index in [1.807, 2.05) is 0 Å². The Morgan fingerprint density at radius 1 is 1.08 bits per heavy atom. The quantitative estimate of drug-likeness (QED) is 0.462. The van der Waals surface area contributed by atoms with Crippen LogP contribution in [0.2, 0.25) is 0 Å². The highest BCUT2D eigenvalue weighted by Crippen LogP contribution is 2.40. The average molecular weight is 353 g/mol. The molecule has 0 aromatic carbocycles. The van der Waals surface area contributed by atoms with Gasteiger partial charge in [-0.25, -0.2) is 4.98 Å². The minimum absolute atomic E-state index is 0.0893. The lowest BCUT2D eigenvalue weighted by Crippen LogP contribution is -2.47. The number of aryl methyl sites for hydroxylation is 1. The van der Waals surface area contributed by atoms with Crippen LogP contribution in [-0.2, 0) is 15.8 Å². The van der Waals surface area contributed by atoms with Crippen molar-refractivity contribution in [3.05, 3.63) is 40.7 Å². The summed E-state index contributed by atoms with van der Waals surface area (Å²) in [7, 11) is 0. The number of Topliss-reactive ketones (excluding diaryl/α,β-unsaturated/α-hetero) is 3. The van der Waals surface area contributed by atoms with Crippen molar-refractivity contribution >= 4 is 17.3 Å². The van der Waals surface area contributed by atoms with Gasteiger partial charge in [0.1, 0.15) is 5.69 Å². The second kappa shape index (κ2) is 5.61. The average Bonchev–Trinajstić information content (AvgIpc) is 2.48. The Morgan fingerprint density at radius 3 is 2.12 bits per heavy atom. The minimum atomic E-state index is -4.62. The van der Waals surface area contributed by atoms with Crippen LogP contribution in [-0.4, -0.2) is 22.3 Å². The minimum Gasteiger partial charge on any atom is -0.298 e. The summed E-state index contributed by atoms with van der Waals surface area (Å²) in [6.45, 7) is 7.34. The van der Waals surface area contributed by atoms with Crippen molar-refractivity contribution in [2.24, 2.45) is 10.8 Å². The van der Waals surface area contributed by atoms with Gasteiger partial charge in [0.05, 0.1) is 11.0 Å². The molecule has 0 radical (unpaired) electrons. The van der Waals surface area contributed by atoms with Crippen LogP contribution in [0.25, 0.3) is 0 Å². The van der Waals surface area contributed by atoms with Gasteiger partial charge in [-0.2, -0.15) is 13.2 Å². The maximum atomic E-state index is 12.8. The van der Waals surface area contributed by atoms with E-state index in [9.17, 15) is 27.6 Å². The number of allylic oxidation sites excluding steroid dienone is 2. The molecular formula is C18H18F3NO3. The predicted molar refractivity (Wildman–Crippen MR) is 84.0 cm³/mol. The number of nitrogens with zero attached hydrogens (tertiary/aromatic N) is 1. The Kier molecular flexibility index (Phi) is 4.27. The molecule has 1 aliphatic rings. The molecule has 0 saturated heterocycles. The summed E-state index contributed by atoms with van der Waals surface area (Å²) in [5.74, 6) is -1.68. The highest BCUT2D eigenvalue weighted by molar-refractivity contribution is 6.33. The number of halogens is 3. The maximum Gasteiger partial charge on any atom is 0.433 e. The van der Waals surface area contributed by atoms with Gasteiger partial charge in [0, 0.05) is 16.7 Å². The molecule has 1 aromatic heterocycles. The molecule has 7 heteroatoms. The van der Waals surface area contributed by atoms with Crippen molar-refractivity contribution < 1.29 is 27.6 Å². The summed E-state index contributed by atoms with van der Waals surface area (Å²) in [4.78, 5) is 41.2. The number of carbonyl (C=O) groups excluding carboxylic acids is 3. The van der Waals surface area contributed by atoms with Crippen molar-refractivity contribution in [2.75, 3.05) is 0 Å². The number of rotatable bonds is 2. The molecule has 0 aliphatic heterocycles. The molecule has 1 aromatic rings. The molecule has 0 amide bonds. The highest BCUT2D eigenvalue weighted by Gasteiger charge is 2.50. The van der Waals surface area contributed by atoms with Gasteiger partial charge in [0.15, 0.2) is 17.3 Å². The van der Waals surface area contributed by atoms with Gasteiger partial charge in [-0.1, -0.05) is 6.08 Å². The number of carbonyl (C=O) groups is 3. The summed E-state index contributed by atoms with van der Waals surface area (Å²) in [6.07, 6.45) is -3.33. The van der Waals surface area contributed by atoms with Gasteiger partial charge in [0.2, 0.25) is 0 Å². The van der Waals surface area contributed by atoms with Crippen molar-refractivity contribution in [1.82, 2.24) is 4.98 Å². The number of ketones is 3. The summed E-state index contributed by atoms with van der Waals surface area (Å²) >= 11 is 0. The van der Waals surface area contributed by atoms with Crippen molar-refractivity contribution in [3.63, 3.8) is 0 Å². The Balaban J connectivity index is 2.54. The fourth-order valence-electron chi connectivity index (χ4n) is 3.01. The third-order valence-electron chi connectivity index (χ3n) is 4.34. The zero-order valence-corrected chi connectivity index (χ0v) is 14.5. The fraction of sp³-hybridized carbons (Fsp3) is 0.444. The largest absolute Gasteiger partial charge is 0.433 e. The Bertz CT molecular complexity index is 817. The van der Waals surface area contributed by atoms with Gasteiger partial charge < -0.3 is 0 Å². The van der Waals surface area contributed by atoms with Crippen LogP contribution in [0.1, 0.15) is 49.4 Å². The predicted octanol–water partition coefficient (Wildman–Crippen LogP) is 3.72. The number of hydrogen-bond donors (Lipinski definition) is 0. The standard InChI is InChI=1S/C18H18F3NO3/c1-9-10(6-7-12(22-9)18(19,20)21)13(23)11-8-16(2,3)15(25)17(4,5)14(11)24/h6-8H,1-5H3. The molecule has 0 saturated carbocycles. The summed E-state index contributed by atoms with van der Waals surface area (Å²) < 4.78 is 38.1. The molecule has 0 spiro atoms. The fourth-order valence-corrected chi connectivity index (χ4v) is 3.01. The SMILES string of the molecule is Cc1nc(C(F)(F)F)ccc1C(=O)C1=CC(C)(C)C(=O)C(C)(C)C1=O. The lowest BCUT2D eigenvalue weighted by atomic mass is 9.64. The lowest BCUT2D eigenvalue weighted by molar-refractivity contribution is -0.142. The second-order valence-corrected chi connectivity index (χ2v) is 7.22. The first kappa shape index (κ1) is 19.0. The molecule has 0 bridgehead atoms.